The molecule has 0 radical (unpaired) electrons. The average Bonchev–Trinajstić information content (AvgIpc) is 2.89. The summed E-state index contributed by atoms with van der Waals surface area (Å²) in [7, 11) is 5.51. The molecule has 0 amide bonds. The number of nitrogens with zero attached hydrogens (tertiary/aromatic N) is 3. The summed E-state index contributed by atoms with van der Waals surface area (Å²) in [6, 6.07) is 23.0. The summed E-state index contributed by atoms with van der Waals surface area (Å²) < 4.78 is 10.8. The third-order valence-corrected chi connectivity index (χ3v) is 6.41. The number of fused-ring (bicyclic) bond motifs is 1. The molecule has 0 bridgehead atoms. The van der Waals surface area contributed by atoms with Crippen LogP contribution in [0.5, 0.6) is 11.5 Å². The molecule has 1 aliphatic rings. The summed E-state index contributed by atoms with van der Waals surface area (Å²) in [5.41, 5.74) is 4.43. The van der Waals surface area contributed by atoms with Crippen LogP contribution >= 0.6 is 0 Å². The maximum absolute atomic E-state index is 5.42. The van der Waals surface area contributed by atoms with Crippen molar-refractivity contribution in [2.75, 3.05) is 57.7 Å². The molecule has 0 saturated carbocycles. The fraction of sp³-hybridized carbons (Fsp3) is 0.250. The van der Waals surface area contributed by atoms with Gasteiger partial charge in [0.1, 0.15) is 17.3 Å². The molecule has 0 aliphatic carbocycles. The molecule has 6 heteroatoms. The zero-order valence-electron chi connectivity index (χ0n) is 19.9. The minimum Gasteiger partial charge on any atom is -0.497 e. The Morgan fingerprint density at radius 2 is 1.44 bits per heavy atom. The van der Waals surface area contributed by atoms with Crippen molar-refractivity contribution >= 4 is 28.0 Å². The van der Waals surface area contributed by atoms with Crippen molar-refractivity contribution in [3.05, 3.63) is 72.9 Å². The summed E-state index contributed by atoms with van der Waals surface area (Å²) in [6.45, 7) is 4.35. The first kappa shape index (κ1) is 22.0. The Labute approximate surface area is 200 Å². The minimum absolute atomic E-state index is 0.769. The van der Waals surface area contributed by atoms with E-state index < -0.39 is 0 Å². The molecule has 0 atom stereocenters. The average molecular weight is 455 g/mol. The highest BCUT2D eigenvalue weighted by atomic mass is 16.5. The summed E-state index contributed by atoms with van der Waals surface area (Å²) in [6.07, 6.45) is 1.91. The third-order valence-electron chi connectivity index (χ3n) is 6.41. The lowest BCUT2D eigenvalue weighted by molar-refractivity contribution is 0.313. The summed E-state index contributed by atoms with van der Waals surface area (Å²) in [5.74, 6) is 2.37. The van der Waals surface area contributed by atoms with Crippen molar-refractivity contribution in [1.29, 1.82) is 0 Å². The van der Waals surface area contributed by atoms with Gasteiger partial charge in [0.15, 0.2) is 0 Å². The van der Waals surface area contributed by atoms with Gasteiger partial charge in [0.05, 0.1) is 14.2 Å². The van der Waals surface area contributed by atoms with E-state index in [1.807, 2.05) is 24.4 Å². The highest BCUT2D eigenvalue weighted by Gasteiger charge is 2.14. The molecule has 2 heterocycles. The van der Waals surface area contributed by atoms with Crippen LogP contribution in [0.1, 0.15) is 0 Å². The SMILES string of the molecule is COc1cc(OC)cc(-c2ccc3cc(Nc4ccc(N5CCN(C)CC5)cc4)ncc3c2)c1. The maximum atomic E-state index is 5.42. The standard InChI is InChI=1S/C28H30N4O2/c1-31-10-12-32(13-11-31)25-8-6-24(7-9-25)30-28-17-21-5-4-20(14-23(21)19-29-28)22-15-26(33-2)18-27(16-22)34-3/h4-9,14-19H,10-13H2,1-3H3,(H,29,30). The lowest BCUT2D eigenvalue weighted by atomic mass is 10.0. The van der Waals surface area contributed by atoms with E-state index in [0.29, 0.717) is 0 Å². The molecule has 1 saturated heterocycles. The number of piperazine rings is 1. The number of likely N-dealkylation sites (N-methyl/N-ethyl adjacent to an activating group) is 1. The molecule has 5 rings (SSSR count). The largest absolute Gasteiger partial charge is 0.497 e. The fourth-order valence-electron chi connectivity index (χ4n) is 4.33. The third kappa shape index (κ3) is 4.77. The molecule has 0 spiro atoms. The van der Waals surface area contributed by atoms with Gasteiger partial charge in [0.2, 0.25) is 0 Å². The Balaban J connectivity index is 1.33. The molecule has 1 aromatic heterocycles. The van der Waals surface area contributed by atoms with Gasteiger partial charge in [-0.05, 0) is 72.1 Å². The number of rotatable bonds is 6. The zero-order chi connectivity index (χ0) is 23.5. The van der Waals surface area contributed by atoms with Gasteiger partial charge in [-0.3, -0.25) is 0 Å². The van der Waals surface area contributed by atoms with Gasteiger partial charge in [0, 0.05) is 55.2 Å². The highest BCUT2D eigenvalue weighted by molar-refractivity contribution is 5.89. The van der Waals surface area contributed by atoms with E-state index in [-0.39, 0.29) is 0 Å². The van der Waals surface area contributed by atoms with Gasteiger partial charge in [-0.25, -0.2) is 4.98 Å². The Bertz CT molecular complexity index is 1260. The lowest BCUT2D eigenvalue weighted by Gasteiger charge is -2.34. The number of ether oxygens (including phenoxy) is 2. The van der Waals surface area contributed by atoms with Crippen molar-refractivity contribution in [2.24, 2.45) is 0 Å². The monoisotopic (exact) mass is 454 g/mol. The van der Waals surface area contributed by atoms with Crippen molar-refractivity contribution in [2.45, 2.75) is 0 Å². The smallest absolute Gasteiger partial charge is 0.130 e. The van der Waals surface area contributed by atoms with Crippen LogP contribution in [-0.2, 0) is 0 Å². The number of hydrogen-bond acceptors (Lipinski definition) is 6. The first-order valence-corrected chi connectivity index (χ1v) is 11.5. The Morgan fingerprint density at radius 3 is 2.12 bits per heavy atom. The van der Waals surface area contributed by atoms with Crippen molar-refractivity contribution in [3.63, 3.8) is 0 Å². The second-order valence-corrected chi connectivity index (χ2v) is 8.70. The number of benzene rings is 3. The summed E-state index contributed by atoms with van der Waals surface area (Å²) >= 11 is 0. The van der Waals surface area contributed by atoms with Gasteiger partial charge in [-0.2, -0.15) is 0 Å². The van der Waals surface area contributed by atoms with Crippen molar-refractivity contribution < 1.29 is 9.47 Å². The van der Waals surface area contributed by atoms with Gasteiger partial charge >= 0.3 is 0 Å². The normalized spacial score (nSPS) is 14.3. The molecule has 6 nitrogen and oxygen atoms in total. The zero-order valence-corrected chi connectivity index (χ0v) is 19.9. The van der Waals surface area contributed by atoms with Crippen LogP contribution in [-0.4, -0.2) is 57.3 Å². The fourth-order valence-corrected chi connectivity index (χ4v) is 4.33. The topological polar surface area (TPSA) is 49.9 Å². The van der Waals surface area contributed by atoms with Crippen LogP contribution in [0.15, 0.2) is 72.9 Å². The molecule has 174 valence electrons. The number of nitrogens with one attached hydrogen (secondary N) is 1. The van der Waals surface area contributed by atoms with Crippen LogP contribution < -0.4 is 19.7 Å². The van der Waals surface area contributed by atoms with Crippen LogP contribution in [0, 0.1) is 0 Å². The number of hydrogen-bond donors (Lipinski definition) is 1. The van der Waals surface area contributed by atoms with E-state index >= 15 is 0 Å². The Hall–Kier alpha value is -3.77. The summed E-state index contributed by atoms with van der Waals surface area (Å²) in [5, 5.41) is 5.65. The van der Waals surface area contributed by atoms with Gasteiger partial charge in [0.25, 0.3) is 0 Å². The van der Waals surface area contributed by atoms with E-state index in [9.17, 15) is 0 Å². The minimum atomic E-state index is 0.769. The van der Waals surface area contributed by atoms with Crippen LogP contribution in [0.3, 0.4) is 0 Å². The number of pyridine rings is 1. The molecule has 4 aromatic rings. The Kier molecular flexibility index (Phi) is 6.23. The van der Waals surface area contributed by atoms with Gasteiger partial charge < -0.3 is 24.6 Å². The second kappa shape index (κ2) is 9.61. The molecule has 0 unspecified atom stereocenters. The molecule has 1 fully saturated rings. The molecule has 1 aliphatic heterocycles. The highest BCUT2D eigenvalue weighted by Crippen LogP contribution is 2.32. The molecular formula is C28H30N4O2. The molecule has 34 heavy (non-hydrogen) atoms. The van der Waals surface area contributed by atoms with E-state index in [4.69, 9.17) is 9.47 Å². The first-order valence-electron chi connectivity index (χ1n) is 11.5. The van der Waals surface area contributed by atoms with Crippen LogP contribution in [0.2, 0.25) is 0 Å². The van der Waals surface area contributed by atoms with Crippen LogP contribution in [0.4, 0.5) is 17.2 Å². The Morgan fingerprint density at radius 1 is 0.735 bits per heavy atom. The predicted octanol–water partition coefficient (Wildman–Crippen LogP) is 5.41. The first-order chi connectivity index (χ1) is 16.6. The van der Waals surface area contributed by atoms with E-state index in [1.165, 1.54) is 5.69 Å². The number of methoxy groups -OCH3 is 2. The predicted molar refractivity (Wildman–Crippen MR) is 140 cm³/mol. The quantitative estimate of drug-likeness (QED) is 0.420. The van der Waals surface area contributed by atoms with Gasteiger partial charge in [-0.1, -0.05) is 12.1 Å². The van der Waals surface area contributed by atoms with Crippen molar-refractivity contribution in [3.8, 4) is 22.6 Å². The molecule has 1 N–H and O–H groups in total. The van der Waals surface area contributed by atoms with Crippen molar-refractivity contribution in [1.82, 2.24) is 9.88 Å². The van der Waals surface area contributed by atoms with Gasteiger partial charge in [-0.15, -0.1) is 0 Å². The molecular weight excluding hydrogens is 424 g/mol. The van der Waals surface area contributed by atoms with E-state index in [1.54, 1.807) is 14.2 Å². The summed E-state index contributed by atoms with van der Waals surface area (Å²) in [4.78, 5) is 9.46. The number of anilines is 3. The number of aromatic nitrogens is 1. The molecule has 3 aromatic carbocycles. The maximum Gasteiger partial charge on any atom is 0.130 e. The lowest BCUT2D eigenvalue weighted by Crippen LogP contribution is -2.44. The second-order valence-electron chi connectivity index (χ2n) is 8.70. The van der Waals surface area contributed by atoms with E-state index in [2.05, 4.69) is 75.7 Å². The van der Waals surface area contributed by atoms with Crippen LogP contribution in [0.25, 0.3) is 21.9 Å². The van der Waals surface area contributed by atoms with E-state index in [0.717, 1.165) is 71.1 Å².